The predicted molar refractivity (Wildman–Crippen MR) is 121 cm³/mol. The molecule has 0 aromatic heterocycles. The van der Waals surface area contributed by atoms with E-state index in [9.17, 15) is 0 Å². The zero-order valence-electron chi connectivity index (χ0n) is 18.3. The van der Waals surface area contributed by atoms with E-state index in [1.165, 1.54) is 116 Å². The minimum atomic E-state index is 0.0549. The van der Waals surface area contributed by atoms with Gasteiger partial charge in [0.25, 0.3) is 0 Å². The van der Waals surface area contributed by atoms with Gasteiger partial charge in [-0.05, 0) is 25.7 Å². The zero-order chi connectivity index (χ0) is 19.3. The molecule has 0 aliphatic rings. The Balaban J connectivity index is 3.78. The SMILES string of the molecule is CCCCCCCCCCC(N)(CCCCl)CCCCCCCCCC. The van der Waals surface area contributed by atoms with Crippen LogP contribution in [0.25, 0.3) is 0 Å². The van der Waals surface area contributed by atoms with Crippen LogP contribution in [-0.4, -0.2) is 11.4 Å². The number of halogens is 1. The Bertz CT molecular complexity index is 247. The van der Waals surface area contributed by atoms with Crippen LogP contribution in [0.15, 0.2) is 0 Å². The fourth-order valence-electron chi connectivity index (χ4n) is 4.02. The van der Waals surface area contributed by atoms with Crippen LogP contribution in [0, 0.1) is 0 Å². The third-order valence-corrected chi connectivity index (χ3v) is 6.13. The van der Waals surface area contributed by atoms with Crippen molar-refractivity contribution < 1.29 is 0 Å². The first kappa shape index (κ1) is 26.2. The fourth-order valence-corrected chi connectivity index (χ4v) is 4.15. The molecular weight excluding hydrogens is 338 g/mol. The second-order valence-electron chi connectivity index (χ2n) is 8.60. The summed E-state index contributed by atoms with van der Waals surface area (Å²) >= 11 is 5.94. The maximum Gasteiger partial charge on any atom is 0.0224 e. The largest absolute Gasteiger partial charge is 0.325 e. The molecule has 0 unspecified atom stereocenters. The lowest BCUT2D eigenvalue weighted by atomic mass is 9.83. The number of unbranched alkanes of at least 4 members (excludes halogenated alkanes) is 14. The van der Waals surface area contributed by atoms with Crippen molar-refractivity contribution in [3.63, 3.8) is 0 Å². The Morgan fingerprint density at radius 3 is 1.15 bits per heavy atom. The Morgan fingerprint density at radius 1 is 0.500 bits per heavy atom. The Morgan fingerprint density at radius 2 is 0.808 bits per heavy atom. The van der Waals surface area contributed by atoms with Crippen LogP contribution in [0.1, 0.15) is 142 Å². The predicted octanol–water partition coefficient (Wildman–Crippen LogP) is 8.76. The maximum atomic E-state index is 6.79. The van der Waals surface area contributed by atoms with Crippen LogP contribution >= 0.6 is 11.6 Å². The van der Waals surface area contributed by atoms with Crippen LogP contribution in [-0.2, 0) is 0 Å². The molecule has 0 rings (SSSR count). The Labute approximate surface area is 171 Å². The summed E-state index contributed by atoms with van der Waals surface area (Å²) in [5, 5.41) is 0. The molecule has 2 heteroatoms. The lowest BCUT2D eigenvalue weighted by Crippen LogP contribution is -2.39. The van der Waals surface area contributed by atoms with Gasteiger partial charge in [0.1, 0.15) is 0 Å². The molecule has 0 fully saturated rings. The highest BCUT2D eigenvalue weighted by atomic mass is 35.5. The van der Waals surface area contributed by atoms with Gasteiger partial charge in [0.05, 0.1) is 0 Å². The summed E-state index contributed by atoms with van der Waals surface area (Å²) in [6.45, 7) is 4.57. The molecule has 0 atom stereocenters. The van der Waals surface area contributed by atoms with Gasteiger partial charge in [-0.25, -0.2) is 0 Å². The molecule has 0 spiro atoms. The van der Waals surface area contributed by atoms with E-state index in [0.29, 0.717) is 0 Å². The van der Waals surface area contributed by atoms with E-state index in [-0.39, 0.29) is 5.54 Å². The molecule has 1 nitrogen and oxygen atoms in total. The molecule has 0 heterocycles. The van der Waals surface area contributed by atoms with Gasteiger partial charge in [0.2, 0.25) is 0 Å². The van der Waals surface area contributed by atoms with Crippen LogP contribution in [0.4, 0.5) is 0 Å². The molecule has 2 N–H and O–H groups in total. The van der Waals surface area contributed by atoms with Gasteiger partial charge in [0.15, 0.2) is 0 Å². The molecular formula is C24H50ClN. The summed E-state index contributed by atoms with van der Waals surface area (Å²) in [6.07, 6.45) is 26.7. The van der Waals surface area contributed by atoms with Gasteiger partial charge in [-0.15, -0.1) is 11.6 Å². The van der Waals surface area contributed by atoms with E-state index in [1.807, 2.05) is 0 Å². The van der Waals surface area contributed by atoms with Crippen LogP contribution in [0.5, 0.6) is 0 Å². The monoisotopic (exact) mass is 387 g/mol. The molecule has 26 heavy (non-hydrogen) atoms. The van der Waals surface area contributed by atoms with Gasteiger partial charge in [0, 0.05) is 11.4 Å². The summed E-state index contributed by atoms with van der Waals surface area (Å²) in [6, 6.07) is 0. The van der Waals surface area contributed by atoms with Gasteiger partial charge in [-0.3, -0.25) is 0 Å². The number of hydrogen-bond donors (Lipinski definition) is 1. The van der Waals surface area contributed by atoms with Gasteiger partial charge >= 0.3 is 0 Å². The van der Waals surface area contributed by atoms with Gasteiger partial charge in [-0.1, -0.05) is 117 Å². The first-order valence-corrected chi connectivity index (χ1v) is 12.6. The van der Waals surface area contributed by atoms with Crippen molar-refractivity contribution in [2.75, 3.05) is 5.88 Å². The number of rotatable bonds is 21. The van der Waals surface area contributed by atoms with E-state index in [1.54, 1.807) is 0 Å². The summed E-state index contributed by atoms with van der Waals surface area (Å²) in [5.41, 5.74) is 6.84. The van der Waals surface area contributed by atoms with Crippen LogP contribution < -0.4 is 5.73 Å². The minimum absolute atomic E-state index is 0.0549. The Hall–Kier alpha value is 0.250. The summed E-state index contributed by atoms with van der Waals surface area (Å²) < 4.78 is 0. The standard InChI is InChI=1S/C24H50ClN/c1-3-5-7-9-11-13-15-17-20-24(26,22-19-23-25)21-18-16-14-12-10-8-6-4-2/h3-23,26H2,1-2H3. The van der Waals surface area contributed by atoms with Crippen molar-refractivity contribution in [2.45, 2.75) is 148 Å². The third-order valence-electron chi connectivity index (χ3n) is 5.86. The third kappa shape index (κ3) is 17.7. The van der Waals surface area contributed by atoms with Crippen molar-refractivity contribution >= 4 is 11.6 Å². The van der Waals surface area contributed by atoms with Crippen molar-refractivity contribution in [1.82, 2.24) is 0 Å². The molecule has 0 saturated heterocycles. The van der Waals surface area contributed by atoms with E-state index in [4.69, 9.17) is 17.3 Å². The average Bonchev–Trinajstić information content (AvgIpc) is 2.64. The quantitative estimate of drug-likeness (QED) is 0.154. The summed E-state index contributed by atoms with van der Waals surface area (Å²) in [4.78, 5) is 0. The van der Waals surface area contributed by atoms with Crippen molar-refractivity contribution in [1.29, 1.82) is 0 Å². The Kier molecular flexibility index (Phi) is 20.2. The highest BCUT2D eigenvalue weighted by molar-refractivity contribution is 6.17. The van der Waals surface area contributed by atoms with E-state index in [2.05, 4.69) is 13.8 Å². The second-order valence-corrected chi connectivity index (χ2v) is 8.98. The molecule has 0 bridgehead atoms. The summed E-state index contributed by atoms with van der Waals surface area (Å²) in [7, 11) is 0. The summed E-state index contributed by atoms with van der Waals surface area (Å²) in [5.74, 6) is 0.758. The van der Waals surface area contributed by atoms with Crippen molar-refractivity contribution in [3.8, 4) is 0 Å². The smallest absolute Gasteiger partial charge is 0.0224 e. The van der Waals surface area contributed by atoms with E-state index >= 15 is 0 Å². The van der Waals surface area contributed by atoms with Gasteiger partial charge < -0.3 is 5.73 Å². The van der Waals surface area contributed by atoms with Gasteiger partial charge in [-0.2, -0.15) is 0 Å². The molecule has 0 aliphatic heterocycles. The molecule has 0 aromatic carbocycles. The van der Waals surface area contributed by atoms with Crippen molar-refractivity contribution in [3.05, 3.63) is 0 Å². The van der Waals surface area contributed by atoms with E-state index < -0.39 is 0 Å². The first-order valence-electron chi connectivity index (χ1n) is 12.0. The normalized spacial score (nSPS) is 12.0. The second kappa shape index (κ2) is 20.0. The number of nitrogens with two attached hydrogens (primary N) is 1. The molecule has 0 amide bonds. The number of hydrogen-bond acceptors (Lipinski definition) is 1. The molecule has 0 radical (unpaired) electrons. The molecule has 0 saturated carbocycles. The molecule has 158 valence electrons. The lowest BCUT2D eigenvalue weighted by molar-refractivity contribution is 0.311. The first-order chi connectivity index (χ1) is 12.7. The minimum Gasteiger partial charge on any atom is -0.325 e. The van der Waals surface area contributed by atoms with Crippen LogP contribution in [0.3, 0.4) is 0 Å². The fraction of sp³-hybridized carbons (Fsp3) is 1.00. The average molecular weight is 388 g/mol. The topological polar surface area (TPSA) is 26.0 Å². The van der Waals surface area contributed by atoms with Crippen molar-refractivity contribution in [2.24, 2.45) is 5.73 Å². The highest BCUT2D eigenvalue weighted by Crippen LogP contribution is 2.26. The van der Waals surface area contributed by atoms with Crippen LogP contribution in [0.2, 0.25) is 0 Å². The zero-order valence-corrected chi connectivity index (χ0v) is 19.1. The molecule has 0 aromatic rings. The molecule has 0 aliphatic carbocycles. The highest BCUT2D eigenvalue weighted by Gasteiger charge is 2.23. The van der Waals surface area contributed by atoms with E-state index in [0.717, 1.165) is 18.7 Å². The maximum absolute atomic E-state index is 6.79. The number of alkyl halides is 1. The lowest BCUT2D eigenvalue weighted by Gasteiger charge is -2.30.